The number of nitrogens with one attached hydrogen (secondary N) is 1. The first kappa shape index (κ1) is 11.6. The maximum Gasteiger partial charge on any atom is 0.224 e. The second kappa shape index (κ2) is 5.46. The van der Waals surface area contributed by atoms with Crippen LogP contribution in [0, 0.1) is 5.92 Å². The fourth-order valence-corrected chi connectivity index (χ4v) is 2.10. The van der Waals surface area contributed by atoms with Crippen LogP contribution in [0.2, 0.25) is 5.28 Å². The molecule has 1 saturated heterocycles. The molecule has 0 unspecified atom stereocenters. The highest BCUT2D eigenvalue weighted by atomic mass is 35.5. The van der Waals surface area contributed by atoms with Gasteiger partial charge in [0, 0.05) is 12.7 Å². The predicted octanol–water partition coefficient (Wildman–Crippen LogP) is 1.88. The lowest BCUT2D eigenvalue weighted by atomic mass is 9.97. The van der Waals surface area contributed by atoms with Crippen LogP contribution in [0.1, 0.15) is 12.8 Å². The fraction of sp³-hybridized carbons (Fsp3) is 0.636. The number of piperidine rings is 1. The molecule has 0 saturated carbocycles. The quantitative estimate of drug-likeness (QED) is 0.820. The topological polar surface area (TPSA) is 41.0 Å². The molecule has 0 aliphatic carbocycles. The van der Waals surface area contributed by atoms with E-state index in [-0.39, 0.29) is 0 Å². The summed E-state index contributed by atoms with van der Waals surface area (Å²) in [6.45, 7) is 3.36. The van der Waals surface area contributed by atoms with Crippen LogP contribution in [0.5, 0.6) is 0 Å². The Bertz CT molecular complexity index is 337. The molecule has 0 bridgehead atoms. The molecule has 0 atom stereocenters. The van der Waals surface area contributed by atoms with Gasteiger partial charge in [0.1, 0.15) is 5.82 Å². The summed E-state index contributed by atoms with van der Waals surface area (Å²) >= 11 is 5.72. The van der Waals surface area contributed by atoms with Crippen molar-refractivity contribution in [3.8, 4) is 0 Å². The van der Waals surface area contributed by atoms with Crippen LogP contribution in [0.3, 0.4) is 0 Å². The number of hydrogen-bond acceptors (Lipinski definition) is 4. The van der Waals surface area contributed by atoms with Gasteiger partial charge in [0.15, 0.2) is 0 Å². The van der Waals surface area contributed by atoms with Crippen LogP contribution in [0.25, 0.3) is 0 Å². The summed E-state index contributed by atoms with van der Waals surface area (Å²) < 4.78 is 0. The van der Waals surface area contributed by atoms with E-state index >= 15 is 0 Å². The molecule has 1 aromatic heterocycles. The molecule has 0 spiro atoms. The molecular weight excluding hydrogens is 224 g/mol. The van der Waals surface area contributed by atoms with Gasteiger partial charge in [0.25, 0.3) is 0 Å². The Morgan fingerprint density at radius 1 is 1.50 bits per heavy atom. The molecule has 0 radical (unpaired) electrons. The van der Waals surface area contributed by atoms with Gasteiger partial charge < -0.3 is 10.2 Å². The van der Waals surface area contributed by atoms with Crippen molar-refractivity contribution in [3.05, 3.63) is 17.5 Å². The van der Waals surface area contributed by atoms with E-state index < -0.39 is 0 Å². The Balaban J connectivity index is 1.79. The summed E-state index contributed by atoms with van der Waals surface area (Å²) in [6, 6.07) is 1.85. The normalized spacial score (nSPS) is 18.6. The molecule has 88 valence electrons. The summed E-state index contributed by atoms with van der Waals surface area (Å²) in [5.74, 6) is 1.56. The van der Waals surface area contributed by atoms with Crippen LogP contribution < -0.4 is 5.32 Å². The average Bonchev–Trinajstić information content (AvgIpc) is 2.28. The van der Waals surface area contributed by atoms with Crippen molar-refractivity contribution in [1.82, 2.24) is 14.9 Å². The van der Waals surface area contributed by atoms with Gasteiger partial charge in [0.2, 0.25) is 5.28 Å². The lowest BCUT2D eigenvalue weighted by Crippen LogP contribution is -2.33. The van der Waals surface area contributed by atoms with E-state index in [0.717, 1.165) is 18.3 Å². The van der Waals surface area contributed by atoms with Gasteiger partial charge in [-0.1, -0.05) is 0 Å². The summed E-state index contributed by atoms with van der Waals surface area (Å²) in [5, 5.41) is 3.62. The van der Waals surface area contributed by atoms with E-state index in [1.54, 1.807) is 6.20 Å². The largest absolute Gasteiger partial charge is 0.370 e. The van der Waals surface area contributed by atoms with Crippen LogP contribution >= 0.6 is 11.6 Å². The Labute approximate surface area is 101 Å². The molecule has 0 amide bonds. The van der Waals surface area contributed by atoms with Crippen LogP contribution in [0.4, 0.5) is 5.82 Å². The maximum absolute atomic E-state index is 5.72. The monoisotopic (exact) mass is 240 g/mol. The summed E-state index contributed by atoms with van der Waals surface area (Å²) in [7, 11) is 2.17. The Hall–Kier alpha value is -0.870. The van der Waals surface area contributed by atoms with E-state index in [4.69, 9.17) is 11.6 Å². The number of nitrogens with zero attached hydrogens (tertiary/aromatic N) is 3. The molecule has 16 heavy (non-hydrogen) atoms. The van der Waals surface area contributed by atoms with Crippen LogP contribution in [0.15, 0.2) is 12.3 Å². The second-order valence-electron chi connectivity index (χ2n) is 4.34. The number of likely N-dealkylation sites (tertiary alicyclic amines) is 1. The Morgan fingerprint density at radius 2 is 2.25 bits per heavy atom. The molecule has 1 aliphatic heterocycles. The van der Waals surface area contributed by atoms with Gasteiger partial charge >= 0.3 is 0 Å². The van der Waals surface area contributed by atoms with Gasteiger partial charge in [0.05, 0.1) is 0 Å². The fourth-order valence-electron chi connectivity index (χ4n) is 1.95. The number of aromatic nitrogens is 2. The SMILES string of the molecule is CN1CCC(CNc2ccnc(Cl)n2)CC1. The third-order valence-electron chi connectivity index (χ3n) is 3.04. The maximum atomic E-state index is 5.72. The van der Waals surface area contributed by atoms with Crippen LogP contribution in [-0.2, 0) is 0 Å². The third kappa shape index (κ3) is 3.32. The van der Waals surface area contributed by atoms with E-state index in [9.17, 15) is 0 Å². The zero-order valence-corrected chi connectivity index (χ0v) is 10.2. The third-order valence-corrected chi connectivity index (χ3v) is 3.22. The van der Waals surface area contributed by atoms with Crippen molar-refractivity contribution >= 4 is 17.4 Å². The number of hydrogen-bond donors (Lipinski definition) is 1. The van der Waals surface area contributed by atoms with Crippen LogP contribution in [-0.4, -0.2) is 41.5 Å². The highest BCUT2D eigenvalue weighted by Gasteiger charge is 2.16. The summed E-state index contributed by atoms with van der Waals surface area (Å²) in [4.78, 5) is 10.3. The minimum absolute atomic E-state index is 0.299. The molecular formula is C11H17ClN4. The standard InChI is InChI=1S/C11H17ClN4/c1-16-6-3-9(4-7-16)8-14-10-2-5-13-11(12)15-10/h2,5,9H,3-4,6-8H2,1H3,(H,13,14,15). The number of rotatable bonds is 3. The molecule has 2 heterocycles. The highest BCUT2D eigenvalue weighted by molar-refractivity contribution is 6.28. The zero-order valence-electron chi connectivity index (χ0n) is 9.49. The summed E-state index contributed by atoms with van der Waals surface area (Å²) in [5.41, 5.74) is 0. The van der Waals surface area contributed by atoms with E-state index in [1.807, 2.05) is 6.07 Å². The molecule has 5 heteroatoms. The average molecular weight is 241 g/mol. The molecule has 1 aromatic rings. The first-order valence-electron chi connectivity index (χ1n) is 5.65. The molecule has 2 rings (SSSR count). The van der Waals surface area contributed by atoms with Crippen molar-refractivity contribution in [2.45, 2.75) is 12.8 Å². The number of halogens is 1. The minimum atomic E-state index is 0.299. The van der Waals surface area contributed by atoms with Crippen molar-refractivity contribution in [1.29, 1.82) is 0 Å². The van der Waals surface area contributed by atoms with Crippen molar-refractivity contribution in [2.75, 3.05) is 32.0 Å². The molecule has 0 aromatic carbocycles. The first-order valence-corrected chi connectivity index (χ1v) is 6.03. The zero-order chi connectivity index (χ0) is 11.4. The Kier molecular flexibility index (Phi) is 3.96. The number of anilines is 1. The van der Waals surface area contributed by atoms with E-state index in [0.29, 0.717) is 5.28 Å². The minimum Gasteiger partial charge on any atom is -0.370 e. The molecule has 1 aliphatic rings. The van der Waals surface area contributed by atoms with Crippen molar-refractivity contribution < 1.29 is 0 Å². The lowest BCUT2D eigenvalue weighted by Gasteiger charge is -2.29. The molecule has 4 nitrogen and oxygen atoms in total. The first-order chi connectivity index (χ1) is 7.74. The Morgan fingerprint density at radius 3 is 2.94 bits per heavy atom. The predicted molar refractivity (Wildman–Crippen MR) is 65.8 cm³/mol. The van der Waals surface area contributed by atoms with Gasteiger partial charge in [-0.2, -0.15) is 0 Å². The van der Waals surface area contributed by atoms with Gasteiger partial charge in [-0.25, -0.2) is 9.97 Å². The van der Waals surface area contributed by atoms with Crippen molar-refractivity contribution in [2.24, 2.45) is 5.92 Å². The second-order valence-corrected chi connectivity index (χ2v) is 4.68. The van der Waals surface area contributed by atoms with Gasteiger partial charge in [-0.05, 0) is 56.6 Å². The highest BCUT2D eigenvalue weighted by Crippen LogP contribution is 2.16. The summed E-state index contributed by atoms with van der Waals surface area (Å²) in [6.07, 6.45) is 4.18. The van der Waals surface area contributed by atoms with Gasteiger partial charge in [-0.3, -0.25) is 0 Å². The lowest BCUT2D eigenvalue weighted by molar-refractivity contribution is 0.226. The van der Waals surface area contributed by atoms with Gasteiger partial charge in [-0.15, -0.1) is 0 Å². The smallest absolute Gasteiger partial charge is 0.224 e. The molecule has 1 fully saturated rings. The van der Waals surface area contributed by atoms with E-state index in [1.165, 1.54) is 25.9 Å². The molecule has 1 N–H and O–H groups in total. The van der Waals surface area contributed by atoms with Crippen molar-refractivity contribution in [3.63, 3.8) is 0 Å². The van der Waals surface area contributed by atoms with E-state index in [2.05, 4.69) is 27.2 Å².